The van der Waals surface area contributed by atoms with E-state index in [4.69, 9.17) is 9.97 Å². The van der Waals surface area contributed by atoms with Crippen molar-refractivity contribution in [1.29, 1.82) is 0 Å². The van der Waals surface area contributed by atoms with Crippen LogP contribution in [0, 0.1) is 0 Å². The van der Waals surface area contributed by atoms with Crippen LogP contribution in [0.2, 0.25) is 0 Å². The topological polar surface area (TPSA) is 30.7 Å². The first-order valence-electron chi connectivity index (χ1n) is 17.7. The predicted molar refractivity (Wildman–Crippen MR) is 204 cm³/mol. The van der Waals surface area contributed by atoms with Crippen molar-refractivity contribution in [1.82, 2.24) is 14.5 Å². The summed E-state index contributed by atoms with van der Waals surface area (Å²) in [4.78, 5) is 11.1. The highest BCUT2D eigenvalue weighted by atomic mass is 15.2. The van der Waals surface area contributed by atoms with E-state index in [9.17, 15) is 0 Å². The fourth-order valence-corrected chi connectivity index (χ4v) is 9.57. The monoisotopic (exact) mass is 627 g/mol. The van der Waals surface area contributed by atoms with Gasteiger partial charge in [-0.2, -0.15) is 0 Å². The maximum Gasteiger partial charge on any atom is 0.235 e. The molecule has 0 bridgehead atoms. The summed E-state index contributed by atoms with van der Waals surface area (Å²) in [5.74, 6) is 0.730. The normalized spacial score (nSPS) is 15.1. The van der Waals surface area contributed by atoms with Gasteiger partial charge in [0.2, 0.25) is 5.95 Å². The molecule has 7 aromatic carbocycles. The van der Waals surface area contributed by atoms with Gasteiger partial charge in [0.15, 0.2) is 0 Å². The van der Waals surface area contributed by atoms with E-state index in [0.29, 0.717) is 0 Å². The fraction of sp³-hybridized carbons (Fsp3) is 0.130. The van der Waals surface area contributed by atoms with Crippen molar-refractivity contribution >= 4 is 54.3 Å². The molecule has 2 aliphatic carbocycles. The molecule has 0 unspecified atom stereocenters. The Morgan fingerprint density at radius 2 is 1.22 bits per heavy atom. The van der Waals surface area contributed by atoms with Crippen LogP contribution in [0.5, 0.6) is 0 Å². The molecule has 0 aliphatic heterocycles. The van der Waals surface area contributed by atoms with Gasteiger partial charge in [-0.05, 0) is 63.4 Å². The average molecular weight is 628 g/mol. The number of para-hydroxylation sites is 1. The molecule has 2 aromatic heterocycles. The first kappa shape index (κ1) is 27.2. The van der Waals surface area contributed by atoms with Crippen molar-refractivity contribution in [2.45, 2.75) is 37.5 Å². The Labute approximate surface area is 284 Å². The molecule has 1 spiro atoms. The van der Waals surface area contributed by atoms with Gasteiger partial charge < -0.3 is 0 Å². The maximum atomic E-state index is 5.57. The highest BCUT2D eigenvalue weighted by Crippen LogP contribution is 2.60. The summed E-state index contributed by atoms with van der Waals surface area (Å²) in [6.07, 6.45) is 6.08. The van der Waals surface area contributed by atoms with Crippen LogP contribution in [0.3, 0.4) is 0 Å². The van der Waals surface area contributed by atoms with Crippen LogP contribution < -0.4 is 0 Å². The van der Waals surface area contributed by atoms with Gasteiger partial charge in [-0.1, -0.05) is 147 Å². The lowest BCUT2D eigenvalue weighted by Gasteiger charge is -2.36. The average Bonchev–Trinajstić information content (AvgIpc) is 3.66. The Balaban J connectivity index is 1.38. The summed E-state index contributed by atoms with van der Waals surface area (Å²) in [7, 11) is 0. The Morgan fingerprint density at radius 3 is 2.08 bits per heavy atom. The third kappa shape index (κ3) is 3.62. The van der Waals surface area contributed by atoms with Crippen molar-refractivity contribution in [3.8, 4) is 28.3 Å². The van der Waals surface area contributed by atoms with E-state index < -0.39 is 0 Å². The molecule has 232 valence electrons. The number of nitrogens with zero attached hydrogens (tertiary/aromatic N) is 3. The van der Waals surface area contributed by atoms with Gasteiger partial charge in [0.1, 0.15) is 0 Å². The molecule has 0 atom stereocenters. The number of hydrogen-bond acceptors (Lipinski definition) is 2. The van der Waals surface area contributed by atoms with Crippen LogP contribution in [0.1, 0.15) is 43.2 Å². The summed E-state index contributed by atoms with van der Waals surface area (Å²) in [5, 5.41) is 8.60. The Morgan fingerprint density at radius 1 is 0.531 bits per heavy atom. The second-order valence-corrected chi connectivity index (χ2v) is 14.0. The quantitative estimate of drug-likeness (QED) is 0.179. The van der Waals surface area contributed by atoms with E-state index in [2.05, 4.69) is 144 Å². The minimum Gasteiger partial charge on any atom is -0.278 e. The highest BCUT2D eigenvalue weighted by molar-refractivity contribution is 6.27. The van der Waals surface area contributed by atoms with Crippen LogP contribution in [-0.2, 0) is 5.41 Å². The zero-order valence-electron chi connectivity index (χ0n) is 27.2. The fourth-order valence-electron chi connectivity index (χ4n) is 9.57. The van der Waals surface area contributed by atoms with Crippen molar-refractivity contribution in [3.63, 3.8) is 0 Å². The van der Waals surface area contributed by atoms with Gasteiger partial charge in [-0.15, -0.1) is 0 Å². The van der Waals surface area contributed by atoms with Crippen molar-refractivity contribution in [3.05, 3.63) is 151 Å². The van der Waals surface area contributed by atoms with Gasteiger partial charge in [0.25, 0.3) is 0 Å². The number of hydrogen-bond donors (Lipinski definition) is 0. The van der Waals surface area contributed by atoms with E-state index in [1.807, 2.05) is 0 Å². The van der Waals surface area contributed by atoms with E-state index in [1.165, 1.54) is 74.0 Å². The van der Waals surface area contributed by atoms with Gasteiger partial charge in [-0.3, -0.25) is 4.57 Å². The molecule has 0 saturated heterocycles. The van der Waals surface area contributed by atoms with E-state index in [0.717, 1.165) is 51.9 Å². The van der Waals surface area contributed by atoms with Crippen molar-refractivity contribution < 1.29 is 0 Å². The summed E-state index contributed by atoms with van der Waals surface area (Å²) >= 11 is 0. The highest BCUT2D eigenvalue weighted by Gasteiger charge is 2.47. The zero-order chi connectivity index (χ0) is 32.1. The third-order valence-electron chi connectivity index (χ3n) is 11.6. The number of fused-ring (bicyclic) bond motifs is 15. The molecule has 3 nitrogen and oxygen atoms in total. The van der Waals surface area contributed by atoms with Crippen LogP contribution in [0.25, 0.3) is 82.6 Å². The third-order valence-corrected chi connectivity index (χ3v) is 11.6. The molecule has 0 amide bonds. The summed E-state index contributed by atoms with van der Waals surface area (Å²) in [6.45, 7) is 0. The molecule has 0 N–H and O–H groups in total. The molecule has 1 saturated carbocycles. The smallest absolute Gasteiger partial charge is 0.235 e. The largest absolute Gasteiger partial charge is 0.278 e. The summed E-state index contributed by atoms with van der Waals surface area (Å²) in [6, 6.07) is 50.9. The van der Waals surface area contributed by atoms with Crippen LogP contribution in [-0.4, -0.2) is 14.5 Å². The van der Waals surface area contributed by atoms with Gasteiger partial charge in [-0.25, -0.2) is 9.97 Å². The molecular formula is C46H33N3. The lowest BCUT2D eigenvalue weighted by Crippen LogP contribution is -2.28. The molecule has 11 rings (SSSR count). The zero-order valence-corrected chi connectivity index (χ0v) is 27.2. The van der Waals surface area contributed by atoms with E-state index in [-0.39, 0.29) is 5.41 Å². The maximum absolute atomic E-state index is 5.57. The van der Waals surface area contributed by atoms with Crippen molar-refractivity contribution in [2.24, 2.45) is 0 Å². The minimum absolute atomic E-state index is 0.0512. The molecule has 49 heavy (non-hydrogen) atoms. The number of aromatic nitrogens is 3. The second kappa shape index (κ2) is 10.1. The molecule has 3 heteroatoms. The van der Waals surface area contributed by atoms with Crippen LogP contribution in [0.4, 0.5) is 0 Å². The lowest BCUT2D eigenvalue weighted by atomic mass is 9.67. The standard InChI is InChI=1S/C46H33N3/c1-3-16-30(17-4-1)42-36-26-25-29-15-5-6-18-31(29)43(36)48-45(47-42)49-38-24-12-10-22-35(38)40-33-20-8-7-19-32(33)39-34-21-9-11-23-37(34)46(41(39)44(40)49)27-13-2-14-28-46/h1,3-12,15-26H,2,13-14,27-28H2. The Hall–Kier alpha value is -5.80. The summed E-state index contributed by atoms with van der Waals surface area (Å²) < 4.78 is 2.44. The number of benzene rings is 7. The Bertz CT molecular complexity index is 2800. The van der Waals surface area contributed by atoms with Gasteiger partial charge in [0, 0.05) is 32.5 Å². The second-order valence-electron chi connectivity index (χ2n) is 14.0. The first-order valence-corrected chi connectivity index (χ1v) is 17.7. The first-order chi connectivity index (χ1) is 24.3. The molecule has 0 radical (unpaired) electrons. The van der Waals surface area contributed by atoms with Crippen LogP contribution >= 0.6 is 0 Å². The van der Waals surface area contributed by atoms with E-state index >= 15 is 0 Å². The van der Waals surface area contributed by atoms with Crippen molar-refractivity contribution in [2.75, 3.05) is 0 Å². The molecule has 2 heterocycles. The Kier molecular flexibility index (Phi) is 5.60. The van der Waals surface area contributed by atoms with E-state index in [1.54, 1.807) is 0 Å². The predicted octanol–water partition coefficient (Wildman–Crippen LogP) is 11.9. The molecular weight excluding hydrogens is 595 g/mol. The SMILES string of the molecule is c1ccc(-c2nc(-n3c4ccccc4c4c5ccccc5c5c(c43)C3(CCCCC3)c3ccccc3-5)nc3c2ccc2ccccc23)cc1. The van der Waals surface area contributed by atoms with Gasteiger partial charge in [0.05, 0.1) is 22.2 Å². The van der Waals surface area contributed by atoms with Gasteiger partial charge >= 0.3 is 0 Å². The molecule has 9 aromatic rings. The summed E-state index contributed by atoms with van der Waals surface area (Å²) in [5.41, 5.74) is 11.2. The molecule has 2 aliphatic rings. The lowest BCUT2D eigenvalue weighted by molar-refractivity contribution is 0.354. The minimum atomic E-state index is -0.0512. The van der Waals surface area contributed by atoms with Crippen LogP contribution in [0.15, 0.2) is 140 Å². The number of rotatable bonds is 2. The molecule has 1 fully saturated rings.